The summed E-state index contributed by atoms with van der Waals surface area (Å²) < 4.78 is 31.3. The molecule has 1 fully saturated rings. The molecule has 0 aliphatic carbocycles. The van der Waals surface area contributed by atoms with E-state index in [2.05, 4.69) is 0 Å². The summed E-state index contributed by atoms with van der Waals surface area (Å²) >= 11 is 0. The molecule has 0 N–H and O–H groups in total. The number of hydrogen-bond donors (Lipinski definition) is 0. The quantitative estimate of drug-likeness (QED) is 0.498. The van der Waals surface area contributed by atoms with Crippen molar-refractivity contribution >= 4 is 5.97 Å². The number of hydrogen-bond acceptors (Lipinski definition) is 7. The average Bonchev–Trinajstić information content (AvgIpc) is 2.86. The Hall–Kier alpha value is -1.67. The van der Waals surface area contributed by atoms with E-state index in [1.807, 2.05) is 24.3 Å². The highest BCUT2D eigenvalue weighted by Gasteiger charge is 2.46. The molecule has 1 saturated heterocycles. The molecule has 128 valence electrons. The Morgan fingerprint density at radius 1 is 1.00 bits per heavy atom. The molecule has 1 aliphatic rings. The van der Waals surface area contributed by atoms with Crippen molar-refractivity contribution < 1.29 is 33.2 Å². The molecule has 1 heterocycles. The Labute approximate surface area is 135 Å². The van der Waals surface area contributed by atoms with E-state index in [4.69, 9.17) is 28.4 Å². The molecule has 0 bridgehead atoms. The maximum atomic E-state index is 12.0. The zero-order valence-corrected chi connectivity index (χ0v) is 13.5. The summed E-state index contributed by atoms with van der Waals surface area (Å²) in [4.78, 5) is 12.0. The third-order valence-electron chi connectivity index (χ3n) is 3.50. The van der Waals surface area contributed by atoms with Gasteiger partial charge in [-0.1, -0.05) is 12.1 Å². The largest absolute Gasteiger partial charge is 0.497 e. The summed E-state index contributed by atoms with van der Waals surface area (Å²) in [5.41, 5.74) is 1.00. The van der Waals surface area contributed by atoms with Crippen LogP contribution in [0.15, 0.2) is 24.3 Å². The van der Waals surface area contributed by atoms with Crippen LogP contribution in [0.25, 0.3) is 0 Å². The van der Waals surface area contributed by atoms with Crippen molar-refractivity contribution in [3.63, 3.8) is 0 Å². The Morgan fingerprint density at radius 2 is 1.65 bits per heavy atom. The van der Waals surface area contributed by atoms with Gasteiger partial charge in [-0.15, -0.1) is 0 Å². The number of ether oxygens (including phenoxy) is 6. The van der Waals surface area contributed by atoms with E-state index >= 15 is 0 Å². The average molecular weight is 326 g/mol. The lowest BCUT2D eigenvalue weighted by atomic mass is 10.0. The molecule has 23 heavy (non-hydrogen) atoms. The van der Waals surface area contributed by atoms with Crippen LogP contribution in [-0.2, 0) is 34.9 Å². The molecule has 1 aliphatic heterocycles. The van der Waals surface area contributed by atoms with Crippen LogP contribution >= 0.6 is 0 Å². The minimum Gasteiger partial charge on any atom is -0.497 e. The molecule has 0 amide bonds. The van der Waals surface area contributed by atoms with Crippen molar-refractivity contribution in [2.45, 2.75) is 24.7 Å². The van der Waals surface area contributed by atoms with Gasteiger partial charge in [0.25, 0.3) is 0 Å². The molecule has 7 heteroatoms. The Balaban J connectivity index is 2.06. The highest BCUT2D eigenvalue weighted by atomic mass is 16.7. The second-order valence-corrected chi connectivity index (χ2v) is 5.06. The molecule has 1 aromatic rings. The van der Waals surface area contributed by atoms with Crippen LogP contribution < -0.4 is 4.74 Å². The number of rotatable bonds is 9. The summed E-state index contributed by atoms with van der Waals surface area (Å²) in [6.45, 7) is 0.0368. The van der Waals surface area contributed by atoms with Crippen LogP contribution in [0, 0.1) is 0 Å². The number of cyclic esters (lactones) is 1. The summed E-state index contributed by atoms with van der Waals surface area (Å²) in [6, 6.07) is 7.55. The van der Waals surface area contributed by atoms with Gasteiger partial charge in [-0.2, -0.15) is 0 Å². The normalized spacial score (nSPS) is 23.8. The second kappa shape index (κ2) is 8.83. The zero-order valence-electron chi connectivity index (χ0n) is 13.5. The van der Waals surface area contributed by atoms with Gasteiger partial charge in [0.1, 0.15) is 31.5 Å². The van der Waals surface area contributed by atoms with Gasteiger partial charge in [-0.25, -0.2) is 4.79 Å². The molecular weight excluding hydrogens is 304 g/mol. The Morgan fingerprint density at radius 3 is 2.26 bits per heavy atom. The molecule has 2 rings (SSSR count). The van der Waals surface area contributed by atoms with Crippen molar-refractivity contribution in [3.8, 4) is 5.75 Å². The lowest BCUT2D eigenvalue weighted by Crippen LogP contribution is -2.38. The van der Waals surface area contributed by atoms with E-state index in [0.717, 1.165) is 11.3 Å². The highest BCUT2D eigenvalue weighted by molar-refractivity contribution is 5.78. The van der Waals surface area contributed by atoms with E-state index < -0.39 is 24.3 Å². The topological polar surface area (TPSA) is 72.5 Å². The number of methoxy groups -OCH3 is 3. The summed E-state index contributed by atoms with van der Waals surface area (Å²) in [5, 5.41) is 0. The highest BCUT2D eigenvalue weighted by Crippen LogP contribution is 2.26. The SMILES string of the molecule is COCO[C@H]1[C@H](Cc2ccc(OC)cc2)OC(=O)[C@@H]1OCOC. The van der Waals surface area contributed by atoms with Gasteiger partial charge in [0.2, 0.25) is 0 Å². The second-order valence-electron chi connectivity index (χ2n) is 5.06. The molecule has 7 nitrogen and oxygen atoms in total. The predicted molar refractivity (Wildman–Crippen MR) is 80.1 cm³/mol. The molecule has 0 saturated carbocycles. The number of carbonyl (C=O) groups excluding carboxylic acids is 1. The van der Waals surface area contributed by atoms with Crippen molar-refractivity contribution in [2.75, 3.05) is 34.9 Å². The lowest BCUT2D eigenvalue weighted by Gasteiger charge is -2.21. The van der Waals surface area contributed by atoms with E-state index in [0.29, 0.717) is 6.42 Å². The van der Waals surface area contributed by atoms with E-state index in [9.17, 15) is 4.79 Å². The molecular formula is C16H22O7. The smallest absolute Gasteiger partial charge is 0.338 e. The van der Waals surface area contributed by atoms with Gasteiger partial charge in [-0.3, -0.25) is 0 Å². The first-order valence-electron chi connectivity index (χ1n) is 7.24. The third-order valence-corrected chi connectivity index (χ3v) is 3.50. The van der Waals surface area contributed by atoms with Gasteiger partial charge in [0, 0.05) is 20.6 Å². The van der Waals surface area contributed by atoms with Crippen LogP contribution in [0.4, 0.5) is 0 Å². The number of benzene rings is 1. The van der Waals surface area contributed by atoms with Crippen LogP contribution in [0.1, 0.15) is 5.56 Å². The van der Waals surface area contributed by atoms with E-state index in [-0.39, 0.29) is 13.6 Å². The van der Waals surface area contributed by atoms with Gasteiger partial charge in [-0.05, 0) is 17.7 Å². The molecule has 1 aromatic carbocycles. The number of esters is 1. The van der Waals surface area contributed by atoms with E-state index in [1.165, 1.54) is 14.2 Å². The van der Waals surface area contributed by atoms with Gasteiger partial charge in [0.15, 0.2) is 6.10 Å². The summed E-state index contributed by atoms with van der Waals surface area (Å²) in [6.07, 6.45) is -1.32. The minimum atomic E-state index is -0.826. The first-order valence-corrected chi connectivity index (χ1v) is 7.24. The maximum Gasteiger partial charge on any atom is 0.338 e. The Kier molecular flexibility index (Phi) is 6.79. The molecule has 0 radical (unpaired) electrons. The van der Waals surface area contributed by atoms with Crippen molar-refractivity contribution in [3.05, 3.63) is 29.8 Å². The lowest BCUT2D eigenvalue weighted by molar-refractivity contribution is -0.163. The third kappa shape index (κ3) is 4.65. The monoisotopic (exact) mass is 326 g/mol. The fourth-order valence-corrected chi connectivity index (χ4v) is 2.41. The van der Waals surface area contributed by atoms with Crippen LogP contribution in [-0.4, -0.2) is 59.2 Å². The first-order chi connectivity index (χ1) is 11.2. The summed E-state index contributed by atoms with van der Waals surface area (Å²) in [5.74, 6) is 0.312. The van der Waals surface area contributed by atoms with Crippen molar-refractivity contribution in [1.82, 2.24) is 0 Å². The van der Waals surface area contributed by atoms with Crippen LogP contribution in [0.3, 0.4) is 0 Å². The fourth-order valence-electron chi connectivity index (χ4n) is 2.41. The molecule has 0 unspecified atom stereocenters. The minimum absolute atomic E-state index is 0.0120. The fraction of sp³-hybridized carbons (Fsp3) is 0.562. The van der Waals surface area contributed by atoms with Gasteiger partial charge < -0.3 is 28.4 Å². The van der Waals surface area contributed by atoms with E-state index in [1.54, 1.807) is 7.11 Å². The van der Waals surface area contributed by atoms with Crippen molar-refractivity contribution in [1.29, 1.82) is 0 Å². The number of carbonyl (C=O) groups is 1. The molecule has 0 spiro atoms. The van der Waals surface area contributed by atoms with Gasteiger partial charge in [0.05, 0.1) is 7.11 Å². The van der Waals surface area contributed by atoms with Gasteiger partial charge >= 0.3 is 5.97 Å². The van der Waals surface area contributed by atoms with Crippen molar-refractivity contribution in [2.24, 2.45) is 0 Å². The van der Waals surface area contributed by atoms with Crippen LogP contribution in [0.2, 0.25) is 0 Å². The standard InChI is InChI=1S/C16H22O7/c1-18-9-21-14-13(23-16(17)15(14)22-10-19-2)8-11-4-6-12(20-3)7-5-11/h4-7,13-15H,8-10H2,1-3H3/t13-,14-,15+/m0/s1. The maximum absolute atomic E-state index is 12.0. The predicted octanol–water partition coefficient (Wildman–Crippen LogP) is 1.14. The Bertz CT molecular complexity index is 488. The summed E-state index contributed by atoms with van der Waals surface area (Å²) in [7, 11) is 4.61. The first kappa shape index (κ1) is 17.7. The zero-order chi connectivity index (χ0) is 16.7. The van der Waals surface area contributed by atoms with Crippen LogP contribution in [0.5, 0.6) is 5.75 Å². The molecule has 0 aromatic heterocycles. The molecule has 3 atom stereocenters.